The maximum absolute atomic E-state index is 11.3. The smallest absolute Gasteiger partial charge is 0.434 e. The Morgan fingerprint density at radius 3 is 2.43 bits per heavy atom. The molecule has 0 heterocycles. The second-order valence-electron chi connectivity index (χ2n) is 4.71. The highest BCUT2D eigenvalue weighted by Gasteiger charge is 2.33. The molecule has 0 atom stereocenters. The van der Waals surface area contributed by atoms with E-state index in [1.54, 1.807) is 0 Å². The molecule has 1 aliphatic carbocycles. The third-order valence-corrected chi connectivity index (χ3v) is 2.53. The number of carbonyl (C=O) groups excluding carboxylic acids is 1. The Labute approximate surface area is 85.8 Å². The van der Waals surface area contributed by atoms with Gasteiger partial charge in [-0.25, -0.2) is 4.79 Å². The van der Waals surface area contributed by atoms with Crippen LogP contribution in [-0.4, -0.2) is 18.4 Å². The van der Waals surface area contributed by atoms with Crippen LogP contribution in [-0.2, 0) is 9.47 Å². The van der Waals surface area contributed by atoms with Crippen molar-refractivity contribution in [3.8, 4) is 0 Å². The van der Waals surface area contributed by atoms with Crippen molar-refractivity contribution >= 4 is 6.16 Å². The normalized spacial score (nSPS) is 19.7. The number of rotatable bonds is 3. The highest BCUT2D eigenvalue weighted by atomic mass is 16.7. The molecule has 0 aliphatic heterocycles. The van der Waals surface area contributed by atoms with E-state index >= 15 is 0 Å². The first-order valence-corrected chi connectivity index (χ1v) is 5.38. The van der Waals surface area contributed by atoms with Gasteiger partial charge in [0.1, 0.15) is 5.60 Å². The van der Waals surface area contributed by atoms with E-state index in [1.807, 2.05) is 20.8 Å². The molecule has 0 amide bonds. The van der Waals surface area contributed by atoms with Crippen LogP contribution in [0.5, 0.6) is 0 Å². The van der Waals surface area contributed by atoms with E-state index in [9.17, 15) is 4.79 Å². The summed E-state index contributed by atoms with van der Waals surface area (Å²) in [6.45, 7) is 6.43. The van der Waals surface area contributed by atoms with Crippen molar-refractivity contribution in [1.29, 1.82) is 0 Å². The van der Waals surface area contributed by atoms with E-state index in [4.69, 9.17) is 9.47 Å². The lowest BCUT2D eigenvalue weighted by molar-refractivity contribution is -0.0258. The SMILES string of the molecule is CC(C)COC(=O)OC1(C)CCCC1. The van der Waals surface area contributed by atoms with Crippen molar-refractivity contribution in [2.45, 2.75) is 52.1 Å². The Bertz CT molecular complexity index is 193. The molecule has 0 radical (unpaired) electrons. The molecule has 0 N–H and O–H groups in total. The van der Waals surface area contributed by atoms with Crippen LogP contribution in [0.15, 0.2) is 0 Å². The summed E-state index contributed by atoms with van der Waals surface area (Å²) in [7, 11) is 0. The summed E-state index contributed by atoms with van der Waals surface area (Å²) in [4.78, 5) is 11.3. The first-order valence-electron chi connectivity index (χ1n) is 5.38. The minimum atomic E-state index is -0.511. The molecule has 14 heavy (non-hydrogen) atoms. The largest absolute Gasteiger partial charge is 0.508 e. The fourth-order valence-electron chi connectivity index (χ4n) is 1.69. The molecule has 1 fully saturated rings. The molecule has 0 bridgehead atoms. The molecule has 1 aliphatic rings. The average Bonchev–Trinajstić information content (AvgIpc) is 2.48. The van der Waals surface area contributed by atoms with Crippen molar-refractivity contribution in [2.24, 2.45) is 5.92 Å². The monoisotopic (exact) mass is 200 g/mol. The number of hydrogen-bond acceptors (Lipinski definition) is 3. The highest BCUT2D eigenvalue weighted by molar-refractivity contribution is 5.60. The zero-order valence-electron chi connectivity index (χ0n) is 9.34. The maximum Gasteiger partial charge on any atom is 0.508 e. The fraction of sp³-hybridized carbons (Fsp3) is 0.909. The Morgan fingerprint density at radius 2 is 1.93 bits per heavy atom. The predicted octanol–water partition coefficient (Wildman–Crippen LogP) is 3.13. The van der Waals surface area contributed by atoms with E-state index in [0.717, 1.165) is 25.7 Å². The Hall–Kier alpha value is -0.730. The Balaban J connectivity index is 2.25. The molecule has 1 saturated carbocycles. The van der Waals surface area contributed by atoms with E-state index in [1.165, 1.54) is 0 Å². The topological polar surface area (TPSA) is 35.5 Å². The first kappa shape index (κ1) is 11.3. The molecule has 0 aromatic heterocycles. The minimum Gasteiger partial charge on any atom is -0.434 e. The van der Waals surface area contributed by atoms with Gasteiger partial charge < -0.3 is 9.47 Å². The molecule has 3 heteroatoms. The molecule has 0 spiro atoms. The quantitative estimate of drug-likeness (QED) is 0.656. The second kappa shape index (κ2) is 4.67. The van der Waals surface area contributed by atoms with Crippen LogP contribution >= 0.6 is 0 Å². The van der Waals surface area contributed by atoms with Crippen LogP contribution in [0.25, 0.3) is 0 Å². The van der Waals surface area contributed by atoms with Crippen LogP contribution in [0.2, 0.25) is 0 Å². The predicted molar refractivity (Wildman–Crippen MR) is 54.1 cm³/mol. The number of hydrogen-bond donors (Lipinski definition) is 0. The summed E-state index contributed by atoms with van der Waals surface area (Å²) in [5.41, 5.74) is -0.270. The van der Waals surface area contributed by atoms with Gasteiger partial charge in [0.2, 0.25) is 0 Å². The summed E-state index contributed by atoms with van der Waals surface area (Å²) in [6.07, 6.45) is 3.71. The van der Waals surface area contributed by atoms with Crippen molar-refractivity contribution < 1.29 is 14.3 Å². The zero-order valence-corrected chi connectivity index (χ0v) is 9.34. The summed E-state index contributed by atoms with van der Waals surface area (Å²) < 4.78 is 10.3. The van der Waals surface area contributed by atoms with E-state index in [-0.39, 0.29) is 5.60 Å². The standard InChI is InChI=1S/C11H20O3/c1-9(2)8-13-10(12)14-11(3)6-4-5-7-11/h9H,4-8H2,1-3H3. The van der Waals surface area contributed by atoms with E-state index < -0.39 is 6.16 Å². The van der Waals surface area contributed by atoms with E-state index in [2.05, 4.69) is 0 Å². The molecule has 0 unspecified atom stereocenters. The lowest BCUT2D eigenvalue weighted by Gasteiger charge is -2.23. The van der Waals surface area contributed by atoms with Gasteiger partial charge in [-0.1, -0.05) is 13.8 Å². The molecule has 0 saturated heterocycles. The van der Waals surface area contributed by atoms with Crippen LogP contribution in [0.4, 0.5) is 4.79 Å². The summed E-state index contributed by atoms with van der Waals surface area (Å²) >= 11 is 0. The van der Waals surface area contributed by atoms with Gasteiger partial charge in [-0.15, -0.1) is 0 Å². The van der Waals surface area contributed by atoms with Gasteiger partial charge in [-0.05, 0) is 38.5 Å². The van der Waals surface area contributed by atoms with Crippen LogP contribution in [0, 0.1) is 5.92 Å². The van der Waals surface area contributed by atoms with Gasteiger partial charge in [0.25, 0.3) is 0 Å². The van der Waals surface area contributed by atoms with Crippen molar-refractivity contribution in [3.63, 3.8) is 0 Å². The van der Waals surface area contributed by atoms with Gasteiger partial charge in [-0.2, -0.15) is 0 Å². The van der Waals surface area contributed by atoms with Gasteiger partial charge in [0, 0.05) is 0 Å². The second-order valence-corrected chi connectivity index (χ2v) is 4.71. The van der Waals surface area contributed by atoms with Crippen LogP contribution < -0.4 is 0 Å². The van der Waals surface area contributed by atoms with Gasteiger partial charge in [0.05, 0.1) is 6.61 Å². The number of carbonyl (C=O) groups is 1. The Morgan fingerprint density at radius 1 is 1.36 bits per heavy atom. The number of ether oxygens (including phenoxy) is 2. The van der Waals surface area contributed by atoms with Gasteiger partial charge >= 0.3 is 6.16 Å². The summed E-state index contributed by atoms with van der Waals surface area (Å²) in [5, 5.41) is 0. The van der Waals surface area contributed by atoms with Crippen molar-refractivity contribution in [2.75, 3.05) is 6.61 Å². The molecule has 1 rings (SSSR count). The van der Waals surface area contributed by atoms with Crippen LogP contribution in [0.3, 0.4) is 0 Å². The summed E-state index contributed by atoms with van der Waals surface area (Å²) in [5.74, 6) is 0.360. The Kier molecular flexibility index (Phi) is 3.78. The van der Waals surface area contributed by atoms with Gasteiger partial charge in [-0.3, -0.25) is 0 Å². The molecule has 0 aromatic carbocycles. The summed E-state index contributed by atoms with van der Waals surface area (Å²) in [6, 6.07) is 0. The molecular formula is C11H20O3. The van der Waals surface area contributed by atoms with E-state index in [0.29, 0.717) is 12.5 Å². The van der Waals surface area contributed by atoms with Crippen LogP contribution in [0.1, 0.15) is 46.5 Å². The lowest BCUT2D eigenvalue weighted by atomic mass is 10.1. The first-order chi connectivity index (χ1) is 6.52. The zero-order chi connectivity index (χ0) is 10.6. The third kappa shape index (κ3) is 3.56. The van der Waals surface area contributed by atoms with Crippen molar-refractivity contribution in [3.05, 3.63) is 0 Å². The highest BCUT2D eigenvalue weighted by Crippen LogP contribution is 2.32. The lowest BCUT2D eigenvalue weighted by Crippen LogP contribution is -2.29. The molecule has 0 aromatic rings. The molecule has 3 nitrogen and oxygen atoms in total. The molecule has 82 valence electrons. The third-order valence-electron chi connectivity index (χ3n) is 2.53. The molecular weight excluding hydrogens is 180 g/mol. The maximum atomic E-state index is 11.3. The minimum absolute atomic E-state index is 0.270. The average molecular weight is 200 g/mol. The van der Waals surface area contributed by atoms with Gasteiger partial charge in [0.15, 0.2) is 0 Å². The van der Waals surface area contributed by atoms with Crippen molar-refractivity contribution in [1.82, 2.24) is 0 Å². The fourth-order valence-corrected chi connectivity index (χ4v) is 1.69.